The van der Waals surface area contributed by atoms with Gasteiger partial charge in [0.2, 0.25) is 5.91 Å². The second-order valence-corrected chi connectivity index (χ2v) is 12.2. The Morgan fingerprint density at radius 3 is 1.94 bits per heavy atom. The van der Waals surface area contributed by atoms with Crippen LogP contribution in [0.25, 0.3) is 0 Å². The number of rotatable bonds is 11. The molecule has 0 aliphatic rings. The van der Waals surface area contributed by atoms with Gasteiger partial charge in [-0.3, -0.25) is 4.79 Å². The fraction of sp³-hybridized carbons (Fsp3) is 0.381. The first-order valence-corrected chi connectivity index (χ1v) is 12.6. The lowest BCUT2D eigenvalue weighted by molar-refractivity contribution is -0.122. The highest BCUT2D eigenvalue weighted by Gasteiger charge is 2.53. The number of carbonyl (C=O) groups is 1. The Morgan fingerprint density at radius 2 is 1.47 bits per heavy atom. The van der Waals surface area contributed by atoms with Crippen LogP contribution in [0.15, 0.2) is 48.5 Å². The molecule has 0 saturated heterocycles. The van der Waals surface area contributed by atoms with Crippen LogP contribution in [0.1, 0.15) is 11.1 Å². The summed E-state index contributed by atoms with van der Waals surface area (Å²) in [5.74, 6) is -0.584. The number of carbonyl (C=O) groups excluding carboxylic acids is 1. The maximum Gasteiger partial charge on any atom is 0.237 e. The van der Waals surface area contributed by atoms with E-state index in [9.17, 15) is 19.4 Å². The molecule has 2 rings (SSSR count). The minimum absolute atomic E-state index is 0.283. The van der Waals surface area contributed by atoms with Gasteiger partial charge in [0.25, 0.3) is 0 Å². The van der Waals surface area contributed by atoms with Crippen molar-refractivity contribution >= 4 is 81.9 Å². The van der Waals surface area contributed by atoms with Crippen molar-refractivity contribution in [2.75, 3.05) is 11.4 Å². The highest BCUT2D eigenvalue weighted by molar-refractivity contribution is 6.70. The highest BCUT2D eigenvalue weighted by Crippen LogP contribution is 2.38. The molecule has 1 amide bonds. The first-order chi connectivity index (χ1) is 16.4. The van der Waals surface area contributed by atoms with Crippen molar-refractivity contribution in [1.82, 2.24) is 5.32 Å². The van der Waals surface area contributed by atoms with Crippen LogP contribution in [0.3, 0.4) is 0 Å². The molecule has 6 nitrogen and oxygen atoms in total. The molecule has 3 atom stereocenters. The Labute approximate surface area is 228 Å². The van der Waals surface area contributed by atoms with Gasteiger partial charge in [-0.25, -0.2) is 4.39 Å². The van der Waals surface area contributed by atoms with Gasteiger partial charge in [0.05, 0.1) is 6.04 Å². The number of nitrogens with one attached hydrogen (secondary N) is 1. The zero-order valence-corrected chi connectivity index (χ0v) is 23.3. The van der Waals surface area contributed by atoms with E-state index in [-0.39, 0.29) is 11.7 Å². The molecule has 0 fully saturated rings. The third kappa shape index (κ3) is 7.29. The molecule has 0 aromatic heterocycles. The quantitative estimate of drug-likeness (QED) is 0.134. The van der Waals surface area contributed by atoms with Crippen LogP contribution in [0, 0.1) is 5.82 Å². The molecule has 0 saturated carbocycles. The number of nitrogens with two attached hydrogens (primary N) is 1. The van der Waals surface area contributed by atoms with Gasteiger partial charge < -0.3 is 26.2 Å². The van der Waals surface area contributed by atoms with Crippen molar-refractivity contribution in [3.05, 3.63) is 65.5 Å². The number of aliphatic hydroxyl groups is 2. The zero-order valence-electron chi connectivity index (χ0n) is 21.8. The van der Waals surface area contributed by atoms with Crippen LogP contribution in [-0.2, 0) is 17.6 Å². The predicted molar refractivity (Wildman–Crippen MR) is 162 cm³/mol. The minimum Gasteiger partial charge on any atom is -0.380 e. The normalized spacial score (nSPS) is 16.4. The van der Waals surface area contributed by atoms with Crippen molar-refractivity contribution in [2.45, 2.75) is 39.5 Å². The van der Waals surface area contributed by atoms with Gasteiger partial charge in [-0.05, 0) is 58.2 Å². The molecule has 0 aliphatic heterocycles. The van der Waals surface area contributed by atoms with E-state index in [4.69, 9.17) is 28.9 Å². The van der Waals surface area contributed by atoms with Crippen molar-refractivity contribution in [2.24, 2.45) is 5.73 Å². The average molecular weight is 529 g/mol. The molecule has 36 heavy (non-hydrogen) atoms. The summed E-state index contributed by atoms with van der Waals surface area (Å²) in [6, 6.07) is 12.5. The molecule has 2 aromatic carbocycles. The molecule has 0 spiro atoms. The largest absolute Gasteiger partial charge is 0.380 e. The van der Waals surface area contributed by atoms with Crippen molar-refractivity contribution < 1.29 is 19.4 Å². The summed E-state index contributed by atoms with van der Waals surface area (Å²) in [7, 11) is 10.1. The molecular formula is C21H32B6Cl2FN3O3. The molecule has 2 aromatic rings. The van der Waals surface area contributed by atoms with Crippen LogP contribution >= 0.6 is 23.2 Å². The van der Waals surface area contributed by atoms with E-state index in [0.29, 0.717) is 25.1 Å². The topological polar surface area (TPSA) is 98.8 Å². The Hall–Kier alpha value is -1.51. The van der Waals surface area contributed by atoms with Crippen molar-refractivity contribution in [3.63, 3.8) is 0 Å². The fourth-order valence-electron chi connectivity index (χ4n) is 3.83. The van der Waals surface area contributed by atoms with Gasteiger partial charge in [0.15, 0.2) is 15.7 Å². The zero-order chi connectivity index (χ0) is 27.5. The van der Waals surface area contributed by atoms with Crippen LogP contribution in [-0.4, -0.2) is 96.4 Å². The summed E-state index contributed by atoms with van der Waals surface area (Å²) in [5.41, 5.74) is 6.56. The highest BCUT2D eigenvalue weighted by atomic mass is 35.5. The molecule has 5 N–H and O–H groups in total. The second-order valence-electron chi connectivity index (χ2n) is 10.5. The first-order valence-electron chi connectivity index (χ1n) is 11.9. The molecule has 3 unspecified atom stereocenters. The van der Waals surface area contributed by atoms with Gasteiger partial charge in [-0.2, -0.15) is 0 Å². The average Bonchev–Trinajstić information content (AvgIpc) is 2.74. The third-order valence-corrected chi connectivity index (χ3v) is 7.75. The van der Waals surface area contributed by atoms with Gasteiger partial charge in [-0.1, -0.05) is 35.9 Å². The minimum atomic E-state index is -1.99. The van der Waals surface area contributed by atoms with Crippen molar-refractivity contribution in [1.29, 1.82) is 0 Å². The van der Waals surface area contributed by atoms with E-state index in [1.165, 1.54) is 27.8 Å². The van der Waals surface area contributed by atoms with Gasteiger partial charge in [0.1, 0.15) is 47.8 Å². The predicted octanol–water partition coefficient (Wildman–Crippen LogP) is -4.26. The number of hydrogen-bond acceptors (Lipinski definition) is 5. The maximum atomic E-state index is 13.0. The van der Waals surface area contributed by atoms with Gasteiger partial charge >= 0.3 is 0 Å². The number of anilines is 1. The van der Waals surface area contributed by atoms with Crippen molar-refractivity contribution in [3.8, 4) is 0 Å². The lowest BCUT2D eigenvalue weighted by Crippen LogP contribution is -2.76. The Bertz CT molecular complexity index is 1010. The van der Waals surface area contributed by atoms with E-state index in [1.807, 2.05) is 43.5 Å². The lowest BCUT2D eigenvalue weighted by Gasteiger charge is -2.57. The Morgan fingerprint density at radius 1 is 0.972 bits per heavy atom. The number of alkyl halides is 2. The molecule has 188 valence electrons. The van der Waals surface area contributed by atoms with E-state index in [0.717, 1.165) is 11.1 Å². The standard InChI is InChI=1S/C21H32B6Cl2FN3O3/c22-18(23,28)19(24,25)33(21(27,36)20(26,29)35)15-7-3-13(4-8-15)11-16(31)17(34)32-10-9-12-1-5-14(30)6-2-12/h1-8,16,35-36H,9-11,22-27,31H2,(H,32,34). The summed E-state index contributed by atoms with van der Waals surface area (Å²) in [6.07, 6.45) is 0.872. The summed E-state index contributed by atoms with van der Waals surface area (Å²) >= 11 is 12.9. The van der Waals surface area contributed by atoms with E-state index in [1.54, 1.807) is 29.2 Å². The molecule has 0 radical (unpaired) electrons. The second kappa shape index (κ2) is 11.5. The first kappa shape index (κ1) is 30.7. The smallest absolute Gasteiger partial charge is 0.237 e. The van der Waals surface area contributed by atoms with Gasteiger partial charge in [-0.15, -0.1) is 11.6 Å². The Balaban J connectivity index is 2.13. The van der Waals surface area contributed by atoms with Crippen LogP contribution in [0.5, 0.6) is 0 Å². The van der Waals surface area contributed by atoms with E-state index in [2.05, 4.69) is 5.32 Å². The lowest BCUT2D eigenvalue weighted by atomic mass is 9.41. The summed E-state index contributed by atoms with van der Waals surface area (Å²) in [5, 5.41) is 23.8. The number of halogens is 3. The third-order valence-electron chi connectivity index (χ3n) is 6.93. The number of nitrogens with zero attached hydrogens (tertiary/aromatic N) is 1. The fourth-order valence-corrected chi connectivity index (χ4v) is 4.00. The van der Waals surface area contributed by atoms with E-state index >= 15 is 0 Å². The molecule has 0 bridgehead atoms. The number of benzene rings is 2. The number of amides is 1. The molecule has 15 heteroatoms. The number of hydrogen-bond donors (Lipinski definition) is 4. The van der Waals surface area contributed by atoms with Gasteiger partial charge in [0, 0.05) is 12.2 Å². The molecule has 0 heterocycles. The molecular weight excluding hydrogens is 497 g/mol. The van der Waals surface area contributed by atoms with Crippen LogP contribution in [0.4, 0.5) is 10.1 Å². The summed E-state index contributed by atoms with van der Waals surface area (Å²) < 4.78 is 12.2. The SMILES string of the molecule is BC(B)(Cl)C(B)(B)N(c1ccc(CC(N)C(=O)NCCc2ccc(F)cc2)cc1)C(B)(O)C(B)(O)Cl. The van der Waals surface area contributed by atoms with Crippen LogP contribution < -0.4 is 16.0 Å². The summed E-state index contributed by atoms with van der Waals surface area (Å²) in [4.78, 5) is 12.1. The summed E-state index contributed by atoms with van der Waals surface area (Å²) in [6.45, 7) is 0.392. The van der Waals surface area contributed by atoms with E-state index < -0.39 is 26.6 Å². The monoisotopic (exact) mass is 529 g/mol. The van der Waals surface area contributed by atoms with Crippen LogP contribution in [0.2, 0.25) is 0 Å². The molecule has 0 aliphatic carbocycles. The Kier molecular flexibility index (Phi) is 9.79. The maximum absolute atomic E-state index is 13.0.